The molecule has 2 rings (SSSR count). The number of aromatic amines is 1. The predicted molar refractivity (Wildman–Crippen MR) is 81.4 cm³/mol. The first-order valence-corrected chi connectivity index (χ1v) is 7.00. The molecule has 1 atom stereocenters. The molecule has 1 unspecified atom stereocenters. The van der Waals surface area contributed by atoms with Crippen LogP contribution >= 0.6 is 15.9 Å². The van der Waals surface area contributed by atoms with Crippen molar-refractivity contribution in [2.24, 2.45) is 0 Å². The van der Waals surface area contributed by atoms with E-state index >= 15 is 0 Å². The lowest BCUT2D eigenvalue weighted by molar-refractivity contribution is 0.0933. The normalized spacial score (nSPS) is 11.8. The summed E-state index contributed by atoms with van der Waals surface area (Å²) in [6.45, 7) is 1.86. The number of amides is 1. The predicted octanol–water partition coefficient (Wildman–Crippen LogP) is 2.03. The van der Waals surface area contributed by atoms with Crippen LogP contribution in [0, 0.1) is 0 Å². The van der Waals surface area contributed by atoms with Crippen molar-refractivity contribution in [3.63, 3.8) is 0 Å². The highest BCUT2D eigenvalue weighted by atomic mass is 79.9. The number of H-pyrrole nitrogens is 1. The molecule has 0 spiro atoms. The van der Waals surface area contributed by atoms with Gasteiger partial charge in [0.15, 0.2) is 0 Å². The molecule has 0 saturated heterocycles. The van der Waals surface area contributed by atoms with Crippen LogP contribution < -0.4 is 15.6 Å². The molecule has 1 amide bonds. The molecule has 0 fully saturated rings. The fourth-order valence-corrected chi connectivity index (χ4v) is 2.34. The highest BCUT2D eigenvalue weighted by Crippen LogP contribution is 2.27. The summed E-state index contributed by atoms with van der Waals surface area (Å²) in [5.41, 5.74) is 0.730. The molecule has 110 valence electrons. The van der Waals surface area contributed by atoms with Crippen LogP contribution in [0.15, 0.2) is 39.6 Å². The first kappa shape index (κ1) is 15.2. The molecule has 6 nitrogen and oxygen atoms in total. The minimum atomic E-state index is -0.356. The quantitative estimate of drug-likeness (QED) is 0.882. The number of carbonyl (C=O) groups is 1. The fraction of sp³-hybridized carbons (Fsp3) is 0.214. The van der Waals surface area contributed by atoms with Crippen LogP contribution in [0.5, 0.6) is 5.75 Å². The van der Waals surface area contributed by atoms with Crippen molar-refractivity contribution in [2.75, 3.05) is 7.11 Å². The maximum absolute atomic E-state index is 12.0. The number of hydrogen-bond acceptors (Lipinski definition) is 4. The van der Waals surface area contributed by atoms with E-state index in [1.54, 1.807) is 7.11 Å². The molecule has 0 aliphatic heterocycles. The molecule has 0 aliphatic rings. The summed E-state index contributed by atoms with van der Waals surface area (Å²) in [5, 5.41) is 8.73. The van der Waals surface area contributed by atoms with E-state index in [0.717, 1.165) is 15.8 Å². The Morgan fingerprint density at radius 2 is 2.14 bits per heavy atom. The lowest BCUT2D eigenvalue weighted by Crippen LogP contribution is -2.28. The van der Waals surface area contributed by atoms with Crippen molar-refractivity contribution in [1.29, 1.82) is 0 Å². The summed E-state index contributed by atoms with van der Waals surface area (Å²) in [4.78, 5) is 22.9. The van der Waals surface area contributed by atoms with Crippen LogP contribution in [0.2, 0.25) is 0 Å². The van der Waals surface area contributed by atoms with Crippen LogP contribution in [0.1, 0.15) is 29.0 Å². The van der Waals surface area contributed by atoms with Gasteiger partial charge >= 0.3 is 0 Å². The molecule has 2 aromatic rings. The van der Waals surface area contributed by atoms with Crippen molar-refractivity contribution >= 4 is 21.8 Å². The molecule has 1 aromatic carbocycles. The van der Waals surface area contributed by atoms with Crippen molar-refractivity contribution in [3.8, 4) is 5.75 Å². The third-order valence-corrected chi connectivity index (χ3v) is 3.55. The minimum absolute atomic E-state index is 0.161. The molecule has 1 heterocycles. The summed E-state index contributed by atoms with van der Waals surface area (Å²) in [6.07, 6.45) is 0. The van der Waals surface area contributed by atoms with Gasteiger partial charge in [-0.25, -0.2) is 5.10 Å². The fourth-order valence-electron chi connectivity index (χ4n) is 1.78. The van der Waals surface area contributed by atoms with Crippen LogP contribution in [0.25, 0.3) is 0 Å². The smallest absolute Gasteiger partial charge is 0.272 e. The molecule has 7 heteroatoms. The Kier molecular flexibility index (Phi) is 4.74. The van der Waals surface area contributed by atoms with Gasteiger partial charge in [-0.1, -0.05) is 6.07 Å². The number of hydrogen-bond donors (Lipinski definition) is 2. The molecule has 0 saturated carbocycles. The van der Waals surface area contributed by atoms with E-state index in [4.69, 9.17) is 4.74 Å². The molecule has 0 aliphatic carbocycles. The topological polar surface area (TPSA) is 84.1 Å². The Hall–Kier alpha value is -2.15. The third kappa shape index (κ3) is 3.69. The van der Waals surface area contributed by atoms with Gasteiger partial charge < -0.3 is 10.1 Å². The lowest BCUT2D eigenvalue weighted by atomic mass is 10.1. The second-order valence-corrected chi connectivity index (χ2v) is 5.25. The van der Waals surface area contributed by atoms with E-state index in [1.165, 1.54) is 12.1 Å². The number of nitrogens with zero attached hydrogens (tertiary/aromatic N) is 1. The largest absolute Gasteiger partial charge is 0.496 e. The number of carbonyl (C=O) groups excluding carboxylic acids is 1. The van der Waals surface area contributed by atoms with Gasteiger partial charge in [0.2, 0.25) is 0 Å². The SMILES string of the molecule is COc1ccc(C(C)NC(=O)c2ccc(=O)[nH]n2)cc1Br. The number of benzene rings is 1. The highest BCUT2D eigenvalue weighted by Gasteiger charge is 2.14. The van der Waals surface area contributed by atoms with Gasteiger partial charge in [0, 0.05) is 6.07 Å². The minimum Gasteiger partial charge on any atom is -0.496 e. The lowest BCUT2D eigenvalue weighted by Gasteiger charge is -2.15. The van der Waals surface area contributed by atoms with Gasteiger partial charge in [0.25, 0.3) is 11.5 Å². The van der Waals surface area contributed by atoms with Crippen LogP contribution in [-0.4, -0.2) is 23.2 Å². The molecule has 21 heavy (non-hydrogen) atoms. The molecular formula is C14H14BrN3O3. The van der Waals surface area contributed by atoms with Gasteiger partial charge in [-0.3, -0.25) is 9.59 Å². The summed E-state index contributed by atoms with van der Waals surface area (Å²) in [6, 6.07) is 7.99. The van der Waals surface area contributed by atoms with Crippen LogP contribution in [-0.2, 0) is 0 Å². The van der Waals surface area contributed by atoms with Crippen molar-refractivity contribution in [3.05, 3.63) is 56.4 Å². The standard InChI is InChI=1S/C14H14BrN3O3/c1-8(9-3-5-12(21-2)10(15)7-9)16-14(20)11-4-6-13(19)18-17-11/h3-8H,1-2H3,(H,16,20)(H,18,19). The summed E-state index contributed by atoms with van der Waals surface area (Å²) < 4.78 is 5.97. The monoisotopic (exact) mass is 351 g/mol. The number of ether oxygens (including phenoxy) is 1. The summed E-state index contributed by atoms with van der Waals surface area (Å²) in [5.74, 6) is 0.366. The molecule has 0 radical (unpaired) electrons. The number of methoxy groups -OCH3 is 1. The Balaban J connectivity index is 2.12. The third-order valence-electron chi connectivity index (χ3n) is 2.94. The van der Waals surface area contributed by atoms with Crippen molar-refractivity contribution in [2.45, 2.75) is 13.0 Å². The zero-order valence-corrected chi connectivity index (χ0v) is 13.1. The Morgan fingerprint density at radius 3 is 2.71 bits per heavy atom. The second kappa shape index (κ2) is 6.53. The van der Waals surface area contributed by atoms with Crippen molar-refractivity contribution < 1.29 is 9.53 Å². The number of aromatic nitrogens is 2. The van der Waals surface area contributed by atoms with E-state index in [2.05, 4.69) is 31.4 Å². The number of halogens is 1. The van der Waals surface area contributed by atoms with Gasteiger partial charge in [0.05, 0.1) is 17.6 Å². The summed E-state index contributed by atoms with van der Waals surface area (Å²) >= 11 is 3.40. The molecular weight excluding hydrogens is 338 g/mol. The van der Waals surface area contributed by atoms with E-state index in [-0.39, 0.29) is 23.2 Å². The second-order valence-electron chi connectivity index (χ2n) is 4.40. The first-order chi connectivity index (χ1) is 10.0. The first-order valence-electron chi connectivity index (χ1n) is 6.21. The van der Waals surface area contributed by atoms with Crippen LogP contribution in [0.3, 0.4) is 0 Å². The number of nitrogens with one attached hydrogen (secondary N) is 2. The van der Waals surface area contributed by atoms with Crippen LogP contribution in [0.4, 0.5) is 0 Å². The average Bonchev–Trinajstić information content (AvgIpc) is 2.47. The Labute approximate surface area is 129 Å². The molecule has 2 N–H and O–H groups in total. The van der Waals surface area contributed by atoms with E-state index in [0.29, 0.717) is 0 Å². The van der Waals surface area contributed by atoms with Gasteiger partial charge in [0.1, 0.15) is 11.4 Å². The maximum Gasteiger partial charge on any atom is 0.272 e. The zero-order valence-electron chi connectivity index (χ0n) is 11.5. The van der Waals surface area contributed by atoms with Gasteiger partial charge in [-0.2, -0.15) is 5.10 Å². The average molecular weight is 352 g/mol. The molecule has 0 bridgehead atoms. The zero-order chi connectivity index (χ0) is 15.4. The van der Waals surface area contributed by atoms with E-state index in [1.807, 2.05) is 25.1 Å². The van der Waals surface area contributed by atoms with Crippen molar-refractivity contribution in [1.82, 2.24) is 15.5 Å². The van der Waals surface area contributed by atoms with E-state index in [9.17, 15) is 9.59 Å². The van der Waals surface area contributed by atoms with E-state index < -0.39 is 0 Å². The number of rotatable bonds is 4. The Bertz CT molecular complexity index is 694. The van der Waals surface area contributed by atoms with Gasteiger partial charge in [-0.15, -0.1) is 0 Å². The van der Waals surface area contributed by atoms with Gasteiger partial charge in [-0.05, 0) is 46.6 Å². The summed E-state index contributed by atoms with van der Waals surface area (Å²) in [7, 11) is 1.59. The highest BCUT2D eigenvalue weighted by molar-refractivity contribution is 9.10. The maximum atomic E-state index is 12.0. The molecule has 1 aromatic heterocycles. The Morgan fingerprint density at radius 1 is 1.38 bits per heavy atom.